The Morgan fingerprint density at radius 1 is 1.14 bits per heavy atom. The molecular weight excluding hydrogens is 364 g/mol. The van der Waals surface area contributed by atoms with Crippen molar-refractivity contribution >= 4 is 41.1 Å². The van der Waals surface area contributed by atoms with Crippen LogP contribution in [0.4, 0.5) is 22.9 Å². The summed E-state index contributed by atoms with van der Waals surface area (Å²) in [5, 5.41) is 5.98. The molecule has 0 unspecified atom stereocenters. The largest absolute Gasteiger partial charge is 0.382 e. The van der Waals surface area contributed by atoms with Crippen LogP contribution in [0.1, 0.15) is 18.2 Å². The number of benzene rings is 1. The molecule has 29 heavy (non-hydrogen) atoms. The zero-order valence-corrected chi connectivity index (χ0v) is 16.0. The Morgan fingerprint density at radius 3 is 2.83 bits per heavy atom. The molecule has 0 fully saturated rings. The summed E-state index contributed by atoms with van der Waals surface area (Å²) < 4.78 is 0. The predicted octanol–water partition coefficient (Wildman–Crippen LogP) is 4.05. The fourth-order valence-corrected chi connectivity index (χ4v) is 2.63. The van der Waals surface area contributed by atoms with E-state index in [-0.39, 0.29) is 5.91 Å². The van der Waals surface area contributed by atoms with Crippen molar-refractivity contribution in [3.8, 4) is 0 Å². The molecule has 0 aliphatic carbocycles. The molecule has 7 heteroatoms. The first-order valence-corrected chi connectivity index (χ1v) is 9.12. The van der Waals surface area contributed by atoms with Gasteiger partial charge >= 0.3 is 0 Å². The van der Waals surface area contributed by atoms with Crippen LogP contribution in [-0.2, 0) is 11.3 Å². The van der Waals surface area contributed by atoms with Crippen molar-refractivity contribution in [2.75, 3.05) is 16.4 Å². The normalized spacial score (nSPS) is 11.1. The molecule has 4 N–H and O–H groups in total. The van der Waals surface area contributed by atoms with Gasteiger partial charge in [-0.25, -0.2) is 4.98 Å². The monoisotopic (exact) mass is 386 g/mol. The van der Waals surface area contributed by atoms with Crippen molar-refractivity contribution in [2.45, 2.75) is 13.5 Å². The van der Waals surface area contributed by atoms with Gasteiger partial charge in [-0.15, -0.1) is 0 Å². The van der Waals surface area contributed by atoms with Crippen molar-refractivity contribution < 1.29 is 4.79 Å². The van der Waals surface area contributed by atoms with Gasteiger partial charge in [-0.2, -0.15) is 0 Å². The Morgan fingerprint density at radius 2 is 2.00 bits per heavy atom. The molecule has 1 aromatic carbocycles. The van der Waals surface area contributed by atoms with Gasteiger partial charge in [0, 0.05) is 18.1 Å². The zero-order valence-electron chi connectivity index (χ0n) is 16.0. The van der Waals surface area contributed by atoms with Crippen LogP contribution in [0.5, 0.6) is 0 Å². The number of carbonyl (C=O) groups is 1. The molecule has 3 aromatic rings. The van der Waals surface area contributed by atoms with Crippen LogP contribution in [0.2, 0.25) is 0 Å². The van der Waals surface area contributed by atoms with Crippen LogP contribution in [0, 0.1) is 0 Å². The molecule has 0 bridgehead atoms. The molecule has 0 saturated carbocycles. The second-order valence-corrected chi connectivity index (χ2v) is 6.13. The fourth-order valence-electron chi connectivity index (χ4n) is 2.63. The Hall–Kier alpha value is -4.00. The Bertz CT molecular complexity index is 1040. The molecule has 0 aliphatic heterocycles. The van der Waals surface area contributed by atoms with Crippen LogP contribution < -0.4 is 16.4 Å². The number of pyridine rings is 2. The van der Waals surface area contributed by atoms with Crippen molar-refractivity contribution in [1.82, 2.24) is 9.97 Å². The summed E-state index contributed by atoms with van der Waals surface area (Å²) in [6.45, 7) is 2.39. The third-order valence-electron chi connectivity index (χ3n) is 3.99. The smallest absolute Gasteiger partial charge is 0.266 e. The maximum Gasteiger partial charge on any atom is 0.266 e. The number of rotatable bonds is 7. The number of aliphatic imine (C=N–C) groups is 1. The van der Waals surface area contributed by atoms with E-state index < -0.39 is 0 Å². The third-order valence-corrected chi connectivity index (χ3v) is 3.99. The Labute approximate surface area is 169 Å². The number of para-hydroxylation sites is 1. The van der Waals surface area contributed by atoms with Gasteiger partial charge in [-0.05, 0) is 42.8 Å². The van der Waals surface area contributed by atoms with E-state index in [2.05, 4.69) is 25.6 Å². The second-order valence-electron chi connectivity index (χ2n) is 6.13. The standard InChI is InChI=1S/C22H22N6O/c1-2-6-16-7-3-4-8-19(16)27-15-21(29)28-17-10-12-24-18(13-17)14-26-20-9-5-11-25-22(20)23/h2-13,15,26H,14H2,1H3,(H2,23,25)(H,24,28,29)/b6-2-,27-15+. The molecule has 3 rings (SSSR count). The first kappa shape index (κ1) is 19.8. The fraction of sp³-hybridized carbons (Fsp3) is 0.0909. The lowest BCUT2D eigenvalue weighted by Gasteiger charge is -2.09. The number of hydrogen-bond donors (Lipinski definition) is 3. The van der Waals surface area contributed by atoms with Gasteiger partial charge in [-0.1, -0.05) is 30.4 Å². The number of nitrogens with two attached hydrogens (primary N) is 1. The minimum Gasteiger partial charge on any atom is -0.382 e. The Kier molecular flexibility index (Phi) is 6.67. The number of nitrogens with one attached hydrogen (secondary N) is 2. The first-order valence-electron chi connectivity index (χ1n) is 9.12. The van der Waals surface area contributed by atoms with Crippen LogP contribution in [0.25, 0.3) is 6.08 Å². The van der Waals surface area contributed by atoms with Crippen LogP contribution >= 0.6 is 0 Å². The quantitative estimate of drug-likeness (QED) is 0.531. The molecule has 1 amide bonds. The number of hydrogen-bond acceptors (Lipinski definition) is 6. The van der Waals surface area contributed by atoms with E-state index >= 15 is 0 Å². The average Bonchev–Trinajstić information content (AvgIpc) is 2.73. The van der Waals surface area contributed by atoms with E-state index in [0.717, 1.165) is 22.6 Å². The van der Waals surface area contributed by atoms with Crippen molar-refractivity contribution in [1.29, 1.82) is 0 Å². The number of anilines is 3. The number of nitrogens with zero attached hydrogens (tertiary/aromatic N) is 3. The number of nitrogen functional groups attached to an aromatic ring is 1. The maximum atomic E-state index is 12.3. The number of carbonyl (C=O) groups excluding carboxylic acids is 1. The summed E-state index contributed by atoms with van der Waals surface area (Å²) in [7, 11) is 0. The molecule has 146 valence electrons. The Balaban J connectivity index is 1.62. The topological polar surface area (TPSA) is 105 Å². The average molecular weight is 386 g/mol. The number of allylic oxidation sites excluding steroid dienone is 1. The summed E-state index contributed by atoms with van der Waals surface area (Å²) >= 11 is 0. The summed E-state index contributed by atoms with van der Waals surface area (Å²) in [4.78, 5) is 24.9. The van der Waals surface area contributed by atoms with Gasteiger partial charge in [0.1, 0.15) is 5.82 Å². The van der Waals surface area contributed by atoms with E-state index in [4.69, 9.17) is 5.73 Å². The first-order chi connectivity index (χ1) is 14.2. The summed E-state index contributed by atoms with van der Waals surface area (Å²) in [5.74, 6) is 0.105. The predicted molar refractivity (Wildman–Crippen MR) is 118 cm³/mol. The molecule has 0 spiro atoms. The number of aromatic nitrogens is 2. The molecule has 0 saturated heterocycles. The van der Waals surface area contributed by atoms with Gasteiger partial charge < -0.3 is 16.4 Å². The highest BCUT2D eigenvalue weighted by atomic mass is 16.1. The molecule has 2 aromatic heterocycles. The molecule has 7 nitrogen and oxygen atoms in total. The van der Waals surface area contributed by atoms with E-state index in [1.807, 2.05) is 49.4 Å². The minimum atomic E-state index is -0.318. The lowest BCUT2D eigenvalue weighted by molar-refractivity contribution is -0.109. The minimum absolute atomic E-state index is 0.318. The summed E-state index contributed by atoms with van der Waals surface area (Å²) in [5.41, 5.74) is 9.62. The highest BCUT2D eigenvalue weighted by molar-refractivity contribution is 6.32. The molecule has 0 radical (unpaired) electrons. The summed E-state index contributed by atoms with van der Waals surface area (Å²) in [6.07, 6.45) is 8.42. The van der Waals surface area contributed by atoms with Gasteiger partial charge in [0.15, 0.2) is 0 Å². The van der Waals surface area contributed by atoms with E-state index in [0.29, 0.717) is 18.1 Å². The van der Waals surface area contributed by atoms with Crippen LogP contribution in [0.3, 0.4) is 0 Å². The molecule has 2 heterocycles. The van der Waals surface area contributed by atoms with Crippen LogP contribution in [0.15, 0.2) is 72.0 Å². The molecule has 0 atom stereocenters. The van der Waals surface area contributed by atoms with E-state index in [1.165, 1.54) is 6.21 Å². The lowest BCUT2D eigenvalue weighted by atomic mass is 10.1. The third kappa shape index (κ3) is 5.74. The van der Waals surface area contributed by atoms with E-state index in [1.54, 1.807) is 30.6 Å². The highest BCUT2D eigenvalue weighted by Crippen LogP contribution is 2.20. The summed E-state index contributed by atoms with van der Waals surface area (Å²) in [6, 6.07) is 14.8. The van der Waals surface area contributed by atoms with Gasteiger partial charge in [0.2, 0.25) is 0 Å². The molecule has 0 aliphatic rings. The SMILES string of the molecule is C/C=C\c1ccccc1/N=C/C(=O)Nc1ccnc(CNc2cccnc2N)c1. The zero-order chi connectivity index (χ0) is 20.5. The van der Waals surface area contributed by atoms with E-state index in [9.17, 15) is 4.79 Å². The highest BCUT2D eigenvalue weighted by Gasteiger charge is 2.04. The molecular formula is C22H22N6O. The van der Waals surface area contributed by atoms with Crippen molar-refractivity contribution in [3.63, 3.8) is 0 Å². The van der Waals surface area contributed by atoms with Gasteiger partial charge in [0.05, 0.1) is 29.8 Å². The van der Waals surface area contributed by atoms with Crippen LogP contribution in [-0.4, -0.2) is 22.1 Å². The van der Waals surface area contributed by atoms with Crippen molar-refractivity contribution in [2.24, 2.45) is 4.99 Å². The second kappa shape index (κ2) is 9.80. The lowest BCUT2D eigenvalue weighted by Crippen LogP contribution is -2.13. The van der Waals surface area contributed by atoms with Crippen molar-refractivity contribution in [3.05, 3.63) is 78.3 Å². The number of amides is 1. The van der Waals surface area contributed by atoms with Gasteiger partial charge in [-0.3, -0.25) is 14.8 Å². The van der Waals surface area contributed by atoms with Gasteiger partial charge in [0.25, 0.3) is 5.91 Å². The maximum absolute atomic E-state index is 12.3.